The number of urea groups is 1. The van der Waals surface area contributed by atoms with Gasteiger partial charge in [-0.1, -0.05) is 49.4 Å². The average molecular weight is 482 g/mol. The molecule has 0 fully saturated rings. The van der Waals surface area contributed by atoms with Crippen LogP contribution in [0.2, 0.25) is 0 Å². The Labute approximate surface area is 202 Å². The molecular formula is C26H26F3N5O. The third-order valence-corrected chi connectivity index (χ3v) is 5.21. The molecule has 0 spiro atoms. The summed E-state index contributed by atoms with van der Waals surface area (Å²) in [6, 6.07) is 17.4. The van der Waals surface area contributed by atoms with Crippen molar-refractivity contribution in [1.29, 1.82) is 0 Å². The number of hydrogen-bond donors (Lipinski definition) is 3. The van der Waals surface area contributed by atoms with Crippen molar-refractivity contribution in [1.82, 2.24) is 5.43 Å². The lowest BCUT2D eigenvalue weighted by Crippen LogP contribution is -2.25. The smallest absolute Gasteiger partial charge is 0.306 e. The zero-order valence-corrected chi connectivity index (χ0v) is 19.6. The first-order valence-electron chi connectivity index (χ1n) is 10.9. The standard InChI is InChI=1S/C26H26F3N5O/c1-4-23(20-10-12-21(13-11-20)26(27,28)29)33-32-22-14-8-19(9-15-22)16-30-34-25(35)31-24-17(2)6-5-7-18(24)3/h5-16,32H,4H2,1-3H3,(H2,31,34,35)/b30-16+,33-23+. The predicted octanol–water partition coefficient (Wildman–Crippen LogP) is 6.70. The largest absolute Gasteiger partial charge is 0.416 e. The van der Waals surface area contributed by atoms with Crippen LogP contribution in [0.1, 0.15) is 41.2 Å². The lowest BCUT2D eigenvalue weighted by molar-refractivity contribution is -0.137. The number of amides is 2. The van der Waals surface area contributed by atoms with Gasteiger partial charge < -0.3 is 5.32 Å². The van der Waals surface area contributed by atoms with E-state index in [1.54, 1.807) is 24.3 Å². The van der Waals surface area contributed by atoms with Gasteiger partial charge in [-0.3, -0.25) is 5.43 Å². The molecule has 0 unspecified atom stereocenters. The highest BCUT2D eigenvalue weighted by Gasteiger charge is 2.30. The second kappa shape index (κ2) is 11.3. The topological polar surface area (TPSA) is 77.9 Å². The zero-order chi connectivity index (χ0) is 25.4. The van der Waals surface area contributed by atoms with Crippen molar-refractivity contribution in [3.05, 3.63) is 94.5 Å². The first kappa shape index (κ1) is 25.5. The van der Waals surface area contributed by atoms with Crippen LogP contribution in [0.4, 0.5) is 29.3 Å². The highest BCUT2D eigenvalue weighted by molar-refractivity contribution is 6.00. The van der Waals surface area contributed by atoms with E-state index in [2.05, 4.69) is 26.4 Å². The SMILES string of the molecule is CC/C(=N\Nc1ccc(/C=N/NC(=O)Nc2c(C)cccc2C)cc1)c1ccc(C(F)(F)F)cc1. The van der Waals surface area contributed by atoms with Crippen molar-refractivity contribution in [2.75, 3.05) is 10.7 Å². The molecule has 0 saturated carbocycles. The van der Waals surface area contributed by atoms with Crippen LogP contribution in [-0.2, 0) is 6.18 Å². The molecule has 3 rings (SSSR count). The summed E-state index contributed by atoms with van der Waals surface area (Å²) in [7, 11) is 0. The number of hydrogen-bond acceptors (Lipinski definition) is 4. The number of alkyl halides is 3. The van der Waals surface area contributed by atoms with Gasteiger partial charge in [-0.05, 0) is 66.8 Å². The van der Waals surface area contributed by atoms with Gasteiger partial charge >= 0.3 is 12.2 Å². The Bertz CT molecular complexity index is 1200. The molecular weight excluding hydrogens is 455 g/mol. The Morgan fingerprint density at radius 1 is 0.943 bits per heavy atom. The van der Waals surface area contributed by atoms with E-state index in [1.165, 1.54) is 18.3 Å². The monoisotopic (exact) mass is 481 g/mol. The van der Waals surface area contributed by atoms with Gasteiger partial charge in [0.15, 0.2) is 0 Å². The maximum Gasteiger partial charge on any atom is 0.416 e. The number of anilines is 2. The van der Waals surface area contributed by atoms with Crippen molar-refractivity contribution in [2.45, 2.75) is 33.4 Å². The number of rotatable bonds is 7. The van der Waals surface area contributed by atoms with Crippen molar-refractivity contribution >= 4 is 29.3 Å². The summed E-state index contributed by atoms with van der Waals surface area (Å²) in [4.78, 5) is 12.1. The van der Waals surface area contributed by atoms with Crippen LogP contribution in [0.3, 0.4) is 0 Å². The Morgan fingerprint density at radius 3 is 2.14 bits per heavy atom. The van der Waals surface area contributed by atoms with E-state index in [0.717, 1.165) is 34.5 Å². The van der Waals surface area contributed by atoms with Gasteiger partial charge in [0.05, 0.1) is 23.2 Å². The Morgan fingerprint density at radius 2 is 1.57 bits per heavy atom. The van der Waals surface area contributed by atoms with Gasteiger partial charge in [-0.15, -0.1) is 0 Å². The van der Waals surface area contributed by atoms with Crippen LogP contribution in [-0.4, -0.2) is 18.0 Å². The molecule has 35 heavy (non-hydrogen) atoms. The third kappa shape index (κ3) is 7.17. The normalized spacial score (nSPS) is 12.0. The quantitative estimate of drug-likeness (QED) is 0.259. The highest BCUT2D eigenvalue weighted by atomic mass is 19.4. The number of nitrogens with zero attached hydrogens (tertiary/aromatic N) is 2. The lowest BCUT2D eigenvalue weighted by Gasteiger charge is -2.10. The minimum absolute atomic E-state index is 0.443. The summed E-state index contributed by atoms with van der Waals surface area (Å²) < 4.78 is 38.3. The van der Waals surface area contributed by atoms with Gasteiger partial charge in [0.2, 0.25) is 0 Å². The van der Waals surface area contributed by atoms with E-state index >= 15 is 0 Å². The molecule has 0 heterocycles. The van der Waals surface area contributed by atoms with E-state index < -0.39 is 17.8 Å². The van der Waals surface area contributed by atoms with E-state index in [1.807, 2.05) is 39.0 Å². The van der Waals surface area contributed by atoms with Crippen LogP contribution >= 0.6 is 0 Å². The first-order chi connectivity index (χ1) is 16.7. The molecule has 0 saturated heterocycles. The van der Waals surface area contributed by atoms with Crippen LogP contribution in [0, 0.1) is 13.8 Å². The zero-order valence-electron chi connectivity index (χ0n) is 19.6. The van der Waals surface area contributed by atoms with Gasteiger partial charge in [-0.2, -0.15) is 23.4 Å². The minimum atomic E-state index is -4.37. The van der Waals surface area contributed by atoms with Crippen LogP contribution in [0.25, 0.3) is 0 Å². The maximum atomic E-state index is 12.8. The predicted molar refractivity (Wildman–Crippen MR) is 134 cm³/mol. The van der Waals surface area contributed by atoms with Crippen LogP contribution in [0.15, 0.2) is 76.9 Å². The molecule has 0 aromatic heterocycles. The summed E-state index contributed by atoms with van der Waals surface area (Å²) in [5.74, 6) is 0. The van der Waals surface area contributed by atoms with Crippen molar-refractivity contribution in [3.63, 3.8) is 0 Å². The van der Waals surface area contributed by atoms with Gasteiger partial charge in [0.1, 0.15) is 0 Å². The van der Waals surface area contributed by atoms with Crippen molar-refractivity contribution in [3.8, 4) is 0 Å². The minimum Gasteiger partial charge on any atom is -0.306 e. The summed E-state index contributed by atoms with van der Waals surface area (Å²) in [6.45, 7) is 5.71. The number of halogens is 3. The summed E-state index contributed by atoms with van der Waals surface area (Å²) >= 11 is 0. The molecule has 0 atom stereocenters. The summed E-state index contributed by atoms with van der Waals surface area (Å²) in [5.41, 5.74) is 10.0. The first-order valence-corrected chi connectivity index (χ1v) is 10.9. The fraction of sp³-hybridized carbons (Fsp3) is 0.192. The molecule has 9 heteroatoms. The van der Waals surface area contributed by atoms with Gasteiger partial charge in [0.25, 0.3) is 0 Å². The molecule has 0 aliphatic heterocycles. The average Bonchev–Trinajstić information content (AvgIpc) is 2.82. The van der Waals surface area contributed by atoms with Crippen LogP contribution < -0.4 is 16.2 Å². The van der Waals surface area contributed by atoms with Crippen LogP contribution in [0.5, 0.6) is 0 Å². The molecule has 2 amide bonds. The molecule has 6 nitrogen and oxygen atoms in total. The number of hydrazone groups is 2. The molecule has 182 valence electrons. The van der Waals surface area contributed by atoms with Crippen molar-refractivity contribution < 1.29 is 18.0 Å². The number of carbonyl (C=O) groups excluding carboxylic acids is 1. The Kier molecular flexibility index (Phi) is 8.25. The molecule has 0 aliphatic rings. The van der Waals surface area contributed by atoms with E-state index in [4.69, 9.17) is 0 Å². The number of nitrogens with one attached hydrogen (secondary N) is 3. The number of para-hydroxylation sites is 1. The van der Waals surface area contributed by atoms with Gasteiger partial charge in [-0.25, -0.2) is 10.2 Å². The van der Waals surface area contributed by atoms with Gasteiger partial charge in [0, 0.05) is 5.69 Å². The molecule has 3 aromatic carbocycles. The molecule has 0 bridgehead atoms. The number of benzene rings is 3. The molecule has 0 radical (unpaired) electrons. The maximum absolute atomic E-state index is 12.8. The Hall–Kier alpha value is -4.14. The highest BCUT2D eigenvalue weighted by Crippen LogP contribution is 2.29. The summed E-state index contributed by atoms with van der Waals surface area (Å²) in [5, 5.41) is 11.1. The Balaban J connectivity index is 1.56. The van der Waals surface area contributed by atoms with E-state index in [-0.39, 0.29) is 0 Å². The number of carbonyl (C=O) groups is 1. The fourth-order valence-corrected chi connectivity index (χ4v) is 3.29. The fourth-order valence-electron chi connectivity index (χ4n) is 3.29. The third-order valence-electron chi connectivity index (χ3n) is 5.21. The lowest BCUT2D eigenvalue weighted by atomic mass is 10.1. The molecule has 3 N–H and O–H groups in total. The molecule has 3 aromatic rings. The van der Waals surface area contributed by atoms with E-state index in [0.29, 0.717) is 23.4 Å². The number of aryl methyl sites for hydroxylation is 2. The molecule has 0 aliphatic carbocycles. The second-order valence-corrected chi connectivity index (χ2v) is 7.81. The van der Waals surface area contributed by atoms with E-state index in [9.17, 15) is 18.0 Å². The second-order valence-electron chi connectivity index (χ2n) is 7.81. The summed E-state index contributed by atoms with van der Waals surface area (Å²) in [6.07, 6.45) is -2.32. The van der Waals surface area contributed by atoms with Crippen molar-refractivity contribution in [2.24, 2.45) is 10.2 Å².